The minimum absolute atomic E-state index is 0.876. The molecule has 0 bridgehead atoms. The van der Waals surface area contributed by atoms with Gasteiger partial charge in [-0.05, 0) is 24.6 Å². The van der Waals surface area contributed by atoms with Crippen molar-refractivity contribution in [2.45, 2.75) is 6.92 Å². The monoisotopic (exact) mass is 162 g/mol. The molecule has 1 heterocycles. The van der Waals surface area contributed by atoms with E-state index >= 15 is 0 Å². The van der Waals surface area contributed by atoms with Crippen molar-refractivity contribution in [3.63, 3.8) is 0 Å². The van der Waals surface area contributed by atoms with Crippen molar-refractivity contribution >= 4 is 10.9 Å². The lowest BCUT2D eigenvalue weighted by molar-refractivity contribution is 0.415. The Kier molecular flexibility index (Phi) is 1.50. The first kappa shape index (κ1) is 7.16. The molecule has 0 fully saturated rings. The van der Waals surface area contributed by atoms with Crippen LogP contribution < -0.4 is 4.74 Å². The molecule has 2 aromatic rings. The second kappa shape index (κ2) is 2.52. The first-order valence-electron chi connectivity index (χ1n) is 3.79. The van der Waals surface area contributed by atoms with Gasteiger partial charge in [-0.1, -0.05) is 0 Å². The second-order valence-corrected chi connectivity index (χ2v) is 2.78. The number of hydrogen-bond donors (Lipinski definition) is 1. The van der Waals surface area contributed by atoms with E-state index in [1.54, 1.807) is 13.3 Å². The fourth-order valence-electron chi connectivity index (χ4n) is 1.32. The molecule has 3 nitrogen and oxygen atoms in total. The van der Waals surface area contributed by atoms with Gasteiger partial charge in [0.15, 0.2) is 0 Å². The fourth-order valence-corrected chi connectivity index (χ4v) is 1.32. The third kappa shape index (κ3) is 0.942. The van der Waals surface area contributed by atoms with Crippen molar-refractivity contribution in [2.75, 3.05) is 7.11 Å². The van der Waals surface area contributed by atoms with Gasteiger partial charge in [0.1, 0.15) is 5.75 Å². The minimum Gasteiger partial charge on any atom is -0.497 e. The Labute approximate surface area is 70.4 Å². The van der Waals surface area contributed by atoms with Gasteiger partial charge in [0.2, 0.25) is 0 Å². The maximum atomic E-state index is 5.13. The predicted molar refractivity (Wildman–Crippen MR) is 47.4 cm³/mol. The SMILES string of the molecule is COc1cc(C)c2[nH]ncc2c1. The van der Waals surface area contributed by atoms with E-state index in [4.69, 9.17) is 4.74 Å². The zero-order valence-electron chi connectivity index (χ0n) is 7.09. The Morgan fingerprint density at radius 3 is 3.00 bits per heavy atom. The highest BCUT2D eigenvalue weighted by Gasteiger charge is 2.01. The minimum atomic E-state index is 0.876. The number of H-pyrrole nitrogens is 1. The van der Waals surface area contributed by atoms with E-state index in [0.717, 1.165) is 22.2 Å². The third-order valence-electron chi connectivity index (χ3n) is 1.96. The number of aromatic nitrogens is 2. The molecule has 0 spiro atoms. The second-order valence-electron chi connectivity index (χ2n) is 2.78. The summed E-state index contributed by atoms with van der Waals surface area (Å²) in [6.07, 6.45) is 1.80. The highest BCUT2D eigenvalue weighted by Crippen LogP contribution is 2.22. The summed E-state index contributed by atoms with van der Waals surface area (Å²) in [6.45, 7) is 2.03. The van der Waals surface area contributed by atoms with Crippen molar-refractivity contribution in [1.29, 1.82) is 0 Å². The van der Waals surface area contributed by atoms with Gasteiger partial charge in [0.25, 0.3) is 0 Å². The van der Waals surface area contributed by atoms with Gasteiger partial charge in [0, 0.05) is 5.39 Å². The summed E-state index contributed by atoms with van der Waals surface area (Å²) in [6, 6.07) is 3.95. The number of ether oxygens (including phenoxy) is 1. The largest absolute Gasteiger partial charge is 0.497 e. The molecule has 1 aromatic heterocycles. The molecule has 0 aliphatic carbocycles. The number of methoxy groups -OCH3 is 1. The number of hydrogen-bond acceptors (Lipinski definition) is 2. The van der Waals surface area contributed by atoms with E-state index in [9.17, 15) is 0 Å². The molecule has 0 aliphatic heterocycles. The molecule has 62 valence electrons. The van der Waals surface area contributed by atoms with Crippen molar-refractivity contribution < 1.29 is 4.74 Å². The summed E-state index contributed by atoms with van der Waals surface area (Å²) in [4.78, 5) is 0. The van der Waals surface area contributed by atoms with E-state index < -0.39 is 0 Å². The van der Waals surface area contributed by atoms with Crippen LogP contribution in [0.3, 0.4) is 0 Å². The van der Waals surface area contributed by atoms with Gasteiger partial charge in [-0.15, -0.1) is 0 Å². The number of aryl methyl sites for hydroxylation is 1. The Hall–Kier alpha value is -1.51. The molecule has 0 amide bonds. The molecule has 2 rings (SSSR count). The number of rotatable bonds is 1. The van der Waals surface area contributed by atoms with Crippen molar-refractivity contribution in [3.05, 3.63) is 23.9 Å². The topological polar surface area (TPSA) is 37.9 Å². The molecule has 0 atom stereocenters. The van der Waals surface area contributed by atoms with E-state index in [1.807, 2.05) is 19.1 Å². The van der Waals surface area contributed by atoms with Gasteiger partial charge < -0.3 is 4.74 Å². The zero-order valence-corrected chi connectivity index (χ0v) is 7.09. The van der Waals surface area contributed by atoms with Gasteiger partial charge >= 0.3 is 0 Å². The zero-order chi connectivity index (χ0) is 8.55. The molecule has 0 unspecified atom stereocenters. The lowest BCUT2D eigenvalue weighted by Gasteiger charge is -2.01. The number of nitrogens with zero attached hydrogens (tertiary/aromatic N) is 1. The average molecular weight is 162 g/mol. The molecule has 0 saturated carbocycles. The van der Waals surface area contributed by atoms with Crippen LogP contribution in [-0.2, 0) is 0 Å². The average Bonchev–Trinajstić information content (AvgIpc) is 2.52. The summed E-state index contributed by atoms with van der Waals surface area (Å²) in [7, 11) is 1.67. The molecular formula is C9H10N2O. The van der Waals surface area contributed by atoms with Crippen LogP contribution in [0.2, 0.25) is 0 Å². The van der Waals surface area contributed by atoms with Crippen molar-refractivity contribution in [1.82, 2.24) is 10.2 Å². The van der Waals surface area contributed by atoms with Crippen LogP contribution >= 0.6 is 0 Å². The van der Waals surface area contributed by atoms with Crippen molar-refractivity contribution in [3.8, 4) is 5.75 Å². The smallest absolute Gasteiger partial charge is 0.119 e. The Bertz CT molecular complexity index is 406. The summed E-state index contributed by atoms with van der Waals surface area (Å²) >= 11 is 0. The first-order chi connectivity index (χ1) is 5.81. The predicted octanol–water partition coefficient (Wildman–Crippen LogP) is 1.88. The number of nitrogens with one attached hydrogen (secondary N) is 1. The lowest BCUT2D eigenvalue weighted by Crippen LogP contribution is -1.84. The Morgan fingerprint density at radius 1 is 1.42 bits per heavy atom. The number of benzene rings is 1. The van der Waals surface area contributed by atoms with Crippen LogP contribution in [0.5, 0.6) is 5.75 Å². The molecule has 1 N–H and O–H groups in total. The van der Waals surface area contributed by atoms with E-state index in [0.29, 0.717) is 0 Å². The number of aromatic amines is 1. The molecule has 3 heteroatoms. The van der Waals surface area contributed by atoms with Crippen LogP contribution in [0.1, 0.15) is 5.56 Å². The summed E-state index contributed by atoms with van der Waals surface area (Å²) in [5, 5.41) is 7.98. The molecule has 12 heavy (non-hydrogen) atoms. The quantitative estimate of drug-likeness (QED) is 0.695. The maximum absolute atomic E-state index is 5.13. The third-order valence-corrected chi connectivity index (χ3v) is 1.96. The van der Waals surface area contributed by atoms with Gasteiger partial charge in [-0.25, -0.2) is 0 Å². The van der Waals surface area contributed by atoms with Crippen LogP contribution in [0.4, 0.5) is 0 Å². The highest BCUT2D eigenvalue weighted by atomic mass is 16.5. The summed E-state index contributed by atoms with van der Waals surface area (Å²) < 4.78 is 5.13. The fraction of sp³-hybridized carbons (Fsp3) is 0.222. The number of fused-ring (bicyclic) bond motifs is 1. The maximum Gasteiger partial charge on any atom is 0.119 e. The van der Waals surface area contributed by atoms with Gasteiger partial charge in [-0.3, -0.25) is 5.10 Å². The van der Waals surface area contributed by atoms with E-state index in [-0.39, 0.29) is 0 Å². The van der Waals surface area contributed by atoms with Crippen LogP contribution in [0.25, 0.3) is 10.9 Å². The molecule has 1 aromatic carbocycles. The molecule has 0 radical (unpaired) electrons. The van der Waals surface area contributed by atoms with Crippen molar-refractivity contribution in [2.24, 2.45) is 0 Å². The van der Waals surface area contributed by atoms with Crippen LogP contribution in [-0.4, -0.2) is 17.3 Å². The molecular weight excluding hydrogens is 152 g/mol. The van der Waals surface area contributed by atoms with Crippen LogP contribution in [0, 0.1) is 6.92 Å². The van der Waals surface area contributed by atoms with E-state index in [1.165, 1.54) is 0 Å². The Balaban J connectivity index is 2.75. The first-order valence-corrected chi connectivity index (χ1v) is 3.79. The van der Waals surface area contributed by atoms with Gasteiger partial charge in [0.05, 0.1) is 18.8 Å². The Morgan fingerprint density at radius 2 is 2.25 bits per heavy atom. The normalized spacial score (nSPS) is 10.5. The van der Waals surface area contributed by atoms with Gasteiger partial charge in [-0.2, -0.15) is 5.10 Å². The standard InChI is InChI=1S/C9H10N2O/c1-6-3-8(12-2)4-7-5-10-11-9(6)7/h3-5H,1-2H3,(H,10,11). The summed E-state index contributed by atoms with van der Waals surface area (Å²) in [5.74, 6) is 0.876. The molecule has 0 saturated heterocycles. The summed E-state index contributed by atoms with van der Waals surface area (Å²) in [5.41, 5.74) is 2.23. The van der Waals surface area contributed by atoms with Crippen LogP contribution in [0.15, 0.2) is 18.3 Å². The highest BCUT2D eigenvalue weighted by molar-refractivity contribution is 5.82. The lowest BCUT2D eigenvalue weighted by atomic mass is 10.1. The molecule has 0 aliphatic rings. The van der Waals surface area contributed by atoms with E-state index in [2.05, 4.69) is 10.2 Å².